The SMILES string of the molecule is O=C(Cc1ccc(F)cc1)N1CCC(Cc2ccc(C(F)(F)F)cc2)CC1. The Morgan fingerprint density at radius 3 is 2.04 bits per heavy atom. The summed E-state index contributed by atoms with van der Waals surface area (Å²) in [5, 5.41) is 0. The van der Waals surface area contributed by atoms with Crippen LogP contribution in [-0.2, 0) is 23.8 Å². The van der Waals surface area contributed by atoms with Crippen molar-refractivity contribution in [2.75, 3.05) is 13.1 Å². The summed E-state index contributed by atoms with van der Waals surface area (Å²) in [6.45, 7) is 1.29. The molecule has 2 nitrogen and oxygen atoms in total. The van der Waals surface area contributed by atoms with E-state index >= 15 is 0 Å². The Balaban J connectivity index is 1.48. The van der Waals surface area contributed by atoms with Gasteiger partial charge in [-0.1, -0.05) is 24.3 Å². The molecule has 27 heavy (non-hydrogen) atoms. The Morgan fingerprint density at radius 2 is 1.48 bits per heavy atom. The predicted octanol–water partition coefficient (Wildman–Crippen LogP) is 4.87. The number of alkyl halides is 3. The van der Waals surface area contributed by atoms with Gasteiger partial charge < -0.3 is 4.90 Å². The van der Waals surface area contributed by atoms with Crippen LogP contribution in [0.5, 0.6) is 0 Å². The van der Waals surface area contributed by atoms with Crippen molar-refractivity contribution in [3.63, 3.8) is 0 Å². The van der Waals surface area contributed by atoms with E-state index in [0.29, 0.717) is 19.0 Å². The molecule has 0 aliphatic carbocycles. The average Bonchev–Trinajstić information content (AvgIpc) is 2.64. The van der Waals surface area contributed by atoms with E-state index in [1.807, 2.05) is 4.90 Å². The molecule has 0 radical (unpaired) electrons. The summed E-state index contributed by atoms with van der Waals surface area (Å²) < 4.78 is 50.8. The summed E-state index contributed by atoms with van der Waals surface area (Å²) in [5.74, 6) is 0.0569. The van der Waals surface area contributed by atoms with Gasteiger partial charge in [0.1, 0.15) is 5.82 Å². The van der Waals surface area contributed by atoms with E-state index in [1.54, 1.807) is 12.1 Å². The normalized spacial score (nSPS) is 15.8. The van der Waals surface area contributed by atoms with Gasteiger partial charge in [-0.15, -0.1) is 0 Å². The Bertz CT molecular complexity index is 760. The summed E-state index contributed by atoms with van der Waals surface area (Å²) in [7, 11) is 0. The van der Waals surface area contributed by atoms with Gasteiger partial charge in [0.15, 0.2) is 0 Å². The van der Waals surface area contributed by atoms with Crippen LogP contribution in [0, 0.1) is 11.7 Å². The van der Waals surface area contributed by atoms with E-state index < -0.39 is 11.7 Å². The smallest absolute Gasteiger partial charge is 0.342 e. The van der Waals surface area contributed by atoms with Crippen LogP contribution in [0.4, 0.5) is 17.6 Å². The van der Waals surface area contributed by atoms with Crippen LogP contribution >= 0.6 is 0 Å². The summed E-state index contributed by atoms with van der Waals surface area (Å²) in [6, 6.07) is 11.2. The highest BCUT2D eigenvalue weighted by Crippen LogP contribution is 2.30. The molecule has 2 aromatic rings. The second kappa shape index (κ2) is 8.11. The molecule has 1 aliphatic heterocycles. The van der Waals surface area contributed by atoms with Gasteiger partial charge in [-0.3, -0.25) is 4.79 Å². The summed E-state index contributed by atoms with van der Waals surface area (Å²) in [6.07, 6.45) is -1.68. The molecule has 0 atom stereocenters. The molecule has 0 spiro atoms. The molecular weight excluding hydrogens is 358 g/mol. The summed E-state index contributed by atoms with van der Waals surface area (Å²) in [4.78, 5) is 14.2. The number of hydrogen-bond acceptors (Lipinski definition) is 1. The Labute approximate surface area is 155 Å². The molecule has 2 aromatic carbocycles. The van der Waals surface area contributed by atoms with Gasteiger partial charge in [-0.05, 0) is 60.6 Å². The number of nitrogens with zero attached hydrogens (tertiary/aromatic N) is 1. The van der Waals surface area contributed by atoms with E-state index in [-0.39, 0.29) is 18.1 Å². The molecule has 1 fully saturated rings. The van der Waals surface area contributed by atoms with Crippen LogP contribution in [0.1, 0.15) is 29.5 Å². The zero-order chi connectivity index (χ0) is 19.4. The maximum Gasteiger partial charge on any atom is 0.416 e. The number of carbonyl (C=O) groups is 1. The number of carbonyl (C=O) groups excluding carboxylic acids is 1. The van der Waals surface area contributed by atoms with Gasteiger partial charge in [0.25, 0.3) is 0 Å². The molecule has 1 saturated heterocycles. The predicted molar refractivity (Wildman–Crippen MR) is 94.6 cm³/mol. The Hall–Kier alpha value is -2.37. The second-order valence-corrected chi connectivity index (χ2v) is 7.03. The lowest BCUT2D eigenvalue weighted by Gasteiger charge is -2.32. The van der Waals surface area contributed by atoms with Crippen LogP contribution in [0.25, 0.3) is 0 Å². The van der Waals surface area contributed by atoms with Crippen molar-refractivity contribution in [3.05, 3.63) is 71.0 Å². The first-order valence-corrected chi connectivity index (χ1v) is 8.99. The van der Waals surface area contributed by atoms with Crippen LogP contribution < -0.4 is 0 Å². The molecule has 6 heteroatoms. The highest BCUT2D eigenvalue weighted by Gasteiger charge is 2.30. The van der Waals surface area contributed by atoms with Crippen LogP contribution in [-0.4, -0.2) is 23.9 Å². The van der Waals surface area contributed by atoms with Crippen molar-refractivity contribution in [1.82, 2.24) is 4.90 Å². The lowest BCUT2D eigenvalue weighted by Crippen LogP contribution is -2.39. The van der Waals surface area contributed by atoms with Gasteiger partial charge in [-0.25, -0.2) is 4.39 Å². The van der Waals surface area contributed by atoms with Gasteiger partial charge in [0.05, 0.1) is 12.0 Å². The molecule has 0 N–H and O–H groups in total. The number of hydrogen-bond donors (Lipinski definition) is 0. The van der Waals surface area contributed by atoms with E-state index in [0.717, 1.165) is 42.5 Å². The minimum absolute atomic E-state index is 0.0228. The Kier molecular flexibility index (Phi) is 5.82. The molecule has 0 bridgehead atoms. The van der Waals surface area contributed by atoms with Gasteiger partial charge in [0, 0.05) is 13.1 Å². The second-order valence-electron chi connectivity index (χ2n) is 7.03. The topological polar surface area (TPSA) is 20.3 Å². The minimum Gasteiger partial charge on any atom is -0.342 e. The average molecular weight is 379 g/mol. The molecule has 144 valence electrons. The molecule has 3 rings (SSSR count). The first-order valence-electron chi connectivity index (χ1n) is 8.99. The number of rotatable bonds is 4. The highest BCUT2D eigenvalue weighted by molar-refractivity contribution is 5.78. The monoisotopic (exact) mass is 379 g/mol. The standard InChI is InChI=1S/C21H21F4NO/c22-19-7-3-16(4-8-19)14-20(27)26-11-9-17(10-12-26)13-15-1-5-18(6-2-15)21(23,24)25/h1-8,17H,9-14H2. The van der Waals surface area contributed by atoms with E-state index in [2.05, 4.69) is 0 Å². The van der Waals surface area contributed by atoms with E-state index in [9.17, 15) is 22.4 Å². The first kappa shape index (κ1) is 19.4. The molecule has 0 aromatic heterocycles. The molecule has 0 saturated carbocycles. The number of piperidine rings is 1. The van der Waals surface area contributed by atoms with E-state index in [4.69, 9.17) is 0 Å². The molecule has 1 heterocycles. The Morgan fingerprint density at radius 1 is 0.926 bits per heavy atom. The van der Waals surface area contributed by atoms with Gasteiger partial charge >= 0.3 is 6.18 Å². The van der Waals surface area contributed by atoms with Crippen molar-refractivity contribution < 1.29 is 22.4 Å². The van der Waals surface area contributed by atoms with Crippen molar-refractivity contribution >= 4 is 5.91 Å². The van der Waals surface area contributed by atoms with Gasteiger partial charge in [-0.2, -0.15) is 13.2 Å². The first-order chi connectivity index (χ1) is 12.8. The maximum absolute atomic E-state index is 12.9. The fourth-order valence-corrected chi connectivity index (χ4v) is 3.44. The van der Waals surface area contributed by atoms with Crippen LogP contribution in [0.2, 0.25) is 0 Å². The van der Waals surface area contributed by atoms with Crippen LogP contribution in [0.15, 0.2) is 48.5 Å². The molecule has 1 aliphatic rings. The molecule has 0 unspecified atom stereocenters. The van der Waals surface area contributed by atoms with Gasteiger partial charge in [0.2, 0.25) is 5.91 Å². The number of likely N-dealkylation sites (tertiary alicyclic amines) is 1. The lowest BCUT2D eigenvalue weighted by molar-refractivity contribution is -0.137. The van der Waals surface area contributed by atoms with E-state index in [1.165, 1.54) is 24.3 Å². The maximum atomic E-state index is 12.9. The fraction of sp³-hybridized carbons (Fsp3) is 0.381. The number of halogens is 4. The van der Waals surface area contributed by atoms with Crippen molar-refractivity contribution in [1.29, 1.82) is 0 Å². The zero-order valence-electron chi connectivity index (χ0n) is 14.8. The minimum atomic E-state index is -4.31. The quantitative estimate of drug-likeness (QED) is 0.694. The third kappa shape index (κ3) is 5.31. The molecular formula is C21H21F4NO. The van der Waals surface area contributed by atoms with Crippen LogP contribution in [0.3, 0.4) is 0 Å². The third-order valence-electron chi connectivity index (χ3n) is 5.04. The molecule has 1 amide bonds. The van der Waals surface area contributed by atoms with Crippen molar-refractivity contribution in [2.24, 2.45) is 5.92 Å². The zero-order valence-corrected chi connectivity index (χ0v) is 14.8. The summed E-state index contributed by atoms with van der Waals surface area (Å²) >= 11 is 0. The fourth-order valence-electron chi connectivity index (χ4n) is 3.44. The third-order valence-corrected chi connectivity index (χ3v) is 5.04. The van der Waals surface area contributed by atoms with Crippen molar-refractivity contribution in [3.8, 4) is 0 Å². The largest absolute Gasteiger partial charge is 0.416 e. The summed E-state index contributed by atoms with van der Waals surface area (Å²) in [5.41, 5.74) is 1.04. The lowest BCUT2D eigenvalue weighted by atomic mass is 9.89. The number of benzene rings is 2. The van der Waals surface area contributed by atoms with Crippen molar-refractivity contribution in [2.45, 2.75) is 31.9 Å². The number of amides is 1. The highest BCUT2D eigenvalue weighted by atomic mass is 19.4.